The van der Waals surface area contributed by atoms with Crippen molar-refractivity contribution >= 4 is 5.91 Å². The van der Waals surface area contributed by atoms with Crippen molar-refractivity contribution in [3.63, 3.8) is 0 Å². The van der Waals surface area contributed by atoms with Crippen LogP contribution < -0.4 is 5.32 Å². The summed E-state index contributed by atoms with van der Waals surface area (Å²) in [5.74, 6) is 0.156. The molecule has 0 heterocycles. The van der Waals surface area contributed by atoms with Crippen molar-refractivity contribution in [3.8, 4) is 0 Å². The summed E-state index contributed by atoms with van der Waals surface area (Å²) in [4.78, 5) is 11.1. The minimum Gasteiger partial charge on any atom is -0.353 e. The molecule has 2 fully saturated rings. The summed E-state index contributed by atoms with van der Waals surface area (Å²) >= 11 is 0. The molecule has 80 valence electrons. The molecule has 2 nitrogen and oxygen atoms in total. The highest BCUT2D eigenvalue weighted by atomic mass is 16.1. The molecular weight excluding hydrogens is 174 g/mol. The Balaban J connectivity index is 2.06. The molecular formula is C12H21NO. The lowest BCUT2D eigenvalue weighted by Gasteiger charge is -2.41. The van der Waals surface area contributed by atoms with E-state index in [4.69, 9.17) is 0 Å². The first kappa shape index (κ1) is 10.0. The average molecular weight is 195 g/mol. The molecule has 1 N–H and O–H groups in total. The molecule has 0 radical (unpaired) electrons. The SMILES string of the molecule is CC(=O)NC1CCCCC12CCCC2. The summed E-state index contributed by atoms with van der Waals surface area (Å²) < 4.78 is 0. The minimum absolute atomic E-state index is 0.156. The van der Waals surface area contributed by atoms with Crippen molar-refractivity contribution < 1.29 is 4.79 Å². The maximum Gasteiger partial charge on any atom is 0.217 e. The fraction of sp³-hybridized carbons (Fsp3) is 0.917. The van der Waals surface area contributed by atoms with Crippen molar-refractivity contribution in [1.82, 2.24) is 5.32 Å². The molecule has 1 atom stereocenters. The van der Waals surface area contributed by atoms with Crippen molar-refractivity contribution in [1.29, 1.82) is 0 Å². The molecule has 0 aliphatic heterocycles. The number of nitrogens with one attached hydrogen (secondary N) is 1. The second kappa shape index (κ2) is 3.92. The number of rotatable bonds is 1. The summed E-state index contributed by atoms with van der Waals surface area (Å²) in [7, 11) is 0. The molecule has 0 aromatic carbocycles. The zero-order valence-corrected chi connectivity index (χ0v) is 9.14. The van der Waals surface area contributed by atoms with Gasteiger partial charge >= 0.3 is 0 Å². The van der Waals surface area contributed by atoms with Crippen LogP contribution in [0.25, 0.3) is 0 Å². The minimum atomic E-state index is 0.156. The Hall–Kier alpha value is -0.530. The number of hydrogen-bond donors (Lipinski definition) is 1. The van der Waals surface area contributed by atoms with Gasteiger partial charge in [0.15, 0.2) is 0 Å². The topological polar surface area (TPSA) is 29.1 Å². The molecule has 1 unspecified atom stereocenters. The van der Waals surface area contributed by atoms with E-state index < -0.39 is 0 Å². The van der Waals surface area contributed by atoms with E-state index in [2.05, 4.69) is 5.32 Å². The van der Waals surface area contributed by atoms with Gasteiger partial charge in [0, 0.05) is 13.0 Å². The van der Waals surface area contributed by atoms with Crippen LogP contribution in [0.3, 0.4) is 0 Å². The zero-order valence-electron chi connectivity index (χ0n) is 9.14. The molecule has 0 aromatic rings. The van der Waals surface area contributed by atoms with Crippen LogP contribution in [0.15, 0.2) is 0 Å². The molecule has 1 amide bonds. The highest BCUT2D eigenvalue weighted by Gasteiger charge is 2.42. The molecule has 0 aromatic heterocycles. The van der Waals surface area contributed by atoms with Crippen LogP contribution in [0.4, 0.5) is 0 Å². The fourth-order valence-corrected chi connectivity index (χ4v) is 3.45. The molecule has 2 saturated carbocycles. The molecule has 0 bridgehead atoms. The first-order chi connectivity index (χ1) is 6.73. The number of hydrogen-bond acceptors (Lipinski definition) is 1. The zero-order chi connectivity index (χ0) is 10.0. The summed E-state index contributed by atoms with van der Waals surface area (Å²) in [6, 6.07) is 0.483. The Kier molecular flexibility index (Phi) is 2.80. The van der Waals surface area contributed by atoms with Crippen LogP contribution in [0.5, 0.6) is 0 Å². The van der Waals surface area contributed by atoms with Gasteiger partial charge in [0.2, 0.25) is 5.91 Å². The van der Waals surface area contributed by atoms with Crippen LogP contribution in [-0.2, 0) is 4.79 Å². The van der Waals surface area contributed by atoms with Gasteiger partial charge in [-0.15, -0.1) is 0 Å². The Bertz CT molecular complexity index is 218. The van der Waals surface area contributed by atoms with E-state index in [1.165, 1.54) is 51.4 Å². The Morgan fingerprint density at radius 2 is 1.71 bits per heavy atom. The van der Waals surface area contributed by atoms with Crippen molar-refractivity contribution in [2.45, 2.75) is 64.3 Å². The monoisotopic (exact) mass is 195 g/mol. The fourth-order valence-electron chi connectivity index (χ4n) is 3.45. The van der Waals surface area contributed by atoms with Crippen molar-refractivity contribution in [2.75, 3.05) is 0 Å². The highest BCUT2D eigenvalue weighted by molar-refractivity contribution is 5.73. The summed E-state index contributed by atoms with van der Waals surface area (Å²) in [6.07, 6.45) is 10.7. The molecule has 0 saturated heterocycles. The summed E-state index contributed by atoms with van der Waals surface area (Å²) in [5.41, 5.74) is 0.490. The third-order valence-electron chi connectivity index (χ3n) is 4.13. The van der Waals surface area contributed by atoms with Gasteiger partial charge < -0.3 is 5.32 Å². The summed E-state index contributed by atoms with van der Waals surface area (Å²) in [5, 5.41) is 3.18. The average Bonchev–Trinajstić information content (AvgIpc) is 2.58. The molecule has 1 spiro atoms. The van der Waals surface area contributed by atoms with E-state index in [1.54, 1.807) is 6.92 Å². The van der Waals surface area contributed by atoms with Crippen molar-refractivity contribution in [3.05, 3.63) is 0 Å². The second-order valence-electron chi connectivity index (χ2n) is 5.07. The maximum atomic E-state index is 11.1. The van der Waals surface area contributed by atoms with Gasteiger partial charge in [-0.1, -0.05) is 25.7 Å². The van der Waals surface area contributed by atoms with Crippen molar-refractivity contribution in [2.24, 2.45) is 5.41 Å². The Morgan fingerprint density at radius 3 is 2.29 bits per heavy atom. The van der Waals surface area contributed by atoms with Crippen LogP contribution in [0.1, 0.15) is 58.3 Å². The van der Waals surface area contributed by atoms with Gasteiger partial charge in [-0.2, -0.15) is 0 Å². The van der Waals surface area contributed by atoms with Gasteiger partial charge in [-0.05, 0) is 31.1 Å². The van der Waals surface area contributed by atoms with Gasteiger partial charge in [-0.3, -0.25) is 4.79 Å². The predicted octanol–water partition coefficient (Wildman–Crippen LogP) is 2.63. The van der Waals surface area contributed by atoms with E-state index in [9.17, 15) is 4.79 Å². The Morgan fingerprint density at radius 1 is 1.14 bits per heavy atom. The standard InChI is InChI=1S/C12H21NO/c1-10(14)13-11-6-2-3-7-12(11)8-4-5-9-12/h11H,2-9H2,1H3,(H,13,14). The predicted molar refractivity (Wildman–Crippen MR) is 57.0 cm³/mol. The molecule has 2 rings (SSSR count). The smallest absolute Gasteiger partial charge is 0.217 e. The van der Waals surface area contributed by atoms with Crippen LogP contribution in [0, 0.1) is 5.41 Å². The van der Waals surface area contributed by atoms with E-state index in [0.29, 0.717) is 11.5 Å². The number of carbonyl (C=O) groups excluding carboxylic acids is 1. The summed E-state index contributed by atoms with van der Waals surface area (Å²) in [6.45, 7) is 1.65. The quantitative estimate of drug-likeness (QED) is 0.684. The lowest BCUT2D eigenvalue weighted by atomic mass is 9.69. The van der Waals surface area contributed by atoms with Gasteiger partial charge in [-0.25, -0.2) is 0 Å². The lowest BCUT2D eigenvalue weighted by molar-refractivity contribution is -0.121. The normalized spacial score (nSPS) is 30.5. The number of amides is 1. The van der Waals surface area contributed by atoms with Gasteiger partial charge in [0.1, 0.15) is 0 Å². The maximum absolute atomic E-state index is 11.1. The third kappa shape index (κ3) is 1.79. The van der Waals surface area contributed by atoms with E-state index in [-0.39, 0.29) is 5.91 Å². The Labute approximate surface area is 86.5 Å². The van der Waals surface area contributed by atoms with E-state index in [1.807, 2.05) is 0 Å². The van der Waals surface area contributed by atoms with Crippen LogP contribution in [-0.4, -0.2) is 11.9 Å². The molecule has 14 heavy (non-hydrogen) atoms. The highest BCUT2D eigenvalue weighted by Crippen LogP contribution is 2.48. The first-order valence-electron chi connectivity index (χ1n) is 6.00. The first-order valence-corrected chi connectivity index (χ1v) is 6.00. The molecule has 2 heteroatoms. The van der Waals surface area contributed by atoms with Gasteiger partial charge in [0.05, 0.1) is 0 Å². The van der Waals surface area contributed by atoms with Crippen LogP contribution >= 0.6 is 0 Å². The number of carbonyl (C=O) groups is 1. The van der Waals surface area contributed by atoms with E-state index >= 15 is 0 Å². The lowest BCUT2D eigenvalue weighted by Crippen LogP contribution is -2.47. The van der Waals surface area contributed by atoms with Gasteiger partial charge in [0.25, 0.3) is 0 Å². The van der Waals surface area contributed by atoms with E-state index in [0.717, 1.165) is 0 Å². The largest absolute Gasteiger partial charge is 0.353 e. The van der Waals surface area contributed by atoms with Crippen LogP contribution in [0.2, 0.25) is 0 Å². The molecule has 2 aliphatic rings. The second-order valence-corrected chi connectivity index (χ2v) is 5.07. The third-order valence-corrected chi connectivity index (χ3v) is 4.13. The molecule has 2 aliphatic carbocycles.